The third-order valence-electron chi connectivity index (χ3n) is 3.21. The first kappa shape index (κ1) is 12.6. The molecular formula is C17H16N2O. The van der Waals surface area contributed by atoms with E-state index in [1.807, 2.05) is 61.5 Å². The highest BCUT2D eigenvalue weighted by Crippen LogP contribution is 2.25. The molecule has 0 radical (unpaired) electrons. The summed E-state index contributed by atoms with van der Waals surface area (Å²) in [5.74, 6) is 1.52. The quantitative estimate of drug-likeness (QED) is 0.776. The summed E-state index contributed by atoms with van der Waals surface area (Å²) in [4.78, 5) is 4.38. The van der Waals surface area contributed by atoms with Gasteiger partial charge in [-0.1, -0.05) is 30.3 Å². The molecule has 1 atom stereocenters. The van der Waals surface area contributed by atoms with Crippen LogP contribution in [0.1, 0.15) is 18.5 Å². The van der Waals surface area contributed by atoms with E-state index >= 15 is 0 Å². The average molecular weight is 264 g/mol. The third-order valence-corrected chi connectivity index (χ3v) is 3.21. The molecule has 0 saturated heterocycles. The van der Waals surface area contributed by atoms with Crippen LogP contribution in [0.25, 0.3) is 10.9 Å². The molecule has 1 aromatic heterocycles. The van der Waals surface area contributed by atoms with Gasteiger partial charge in [0.25, 0.3) is 0 Å². The Hall–Kier alpha value is -2.39. The van der Waals surface area contributed by atoms with Crippen LogP contribution < -0.4 is 10.5 Å². The molecule has 3 rings (SSSR count). The van der Waals surface area contributed by atoms with Gasteiger partial charge in [-0.2, -0.15) is 0 Å². The van der Waals surface area contributed by atoms with E-state index in [0.717, 1.165) is 28.0 Å². The molecule has 0 aliphatic carbocycles. The molecule has 3 nitrogen and oxygen atoms in total. The molecule has 0 aliphatic heterocycles. The van der Waals surface area contributed by atoms with E-state index < -0.39 is 0 Å². The predicted molar refractivity (Wildman–Crippen MR) is 80.9 cm³/mol. The molecule has 0 amide bonds. The van der Waals surface area contributed by atoms with Gasteiger partial charge >= 0.3 is 0 Å². The minimum Gasteiger partial charge on any atom is -0.456 e. The molecule has 100 valence electrons. The zero-order valence-electron chi connectivity index (χ0n) is 11.3. The van der Waals surface area contributed by atoms with Crippen molar-refractivity contribution in [1.82, 2.24) is 4.98 Å². The fourth-order valence-electron chi connectivity index (χ4n) is 2.08. The van der Waals surface area contributed by atoms with Crippen molar-refractivity contribution in [1.29, 1.82) is 0 Å². The number of benzene rings is 2. The Balaban J connectivity index is 1.85. The van der Waals surface area contributed by atoms with Gasteiger partial charge in [0, 0.05) is 11.4 Å². The second-order valence-corrected chi connectivity index (χ2v) is 4.82. The Labute approximate surface area is 118 Å². The van der Waals surface area contributed by atoms with E-state index in [1.165, 1.54) is 0 Å². The number of ether oxygens (including phenoxy) is 1. The van der Waals surface area contributed by atoms with Crippen LogP contribution in [-0.2, 0) is 0 Å². The molecular weight excluding hydrogens is 248 g/mol. The number of fused-ring (bicyclic) bond motifs is 1. The molecule has 0 fully saturated rings. The number of rotatable bonds is 3. The van der Waals surface area contributed by atoms with Crippen molar-refractivity contribution in [2.75, 3.05) is 0 Å². The number of para-hydroxylation sites is 1. The van der Waals surface area contributed by atoms with Crippen LogP contribution in [0.2, 0.25) is 0 Å². The standard InChI is InChI=1S/C17H16N2O/c1-12(18)13-6-8-15(9-7-13)20-16-10-14-4-2-3-5-17(14)19-11-16/h2-12H,18H2,1H3/t12-/m0/s1. The Kier molecular flexibility index (Phi) is 3.35. The van der Waals surface area contributed by atoms with Crippen LogP contribution in [0.3, 0.4) is 0 Å². The van der Waals surface area contributed by atoms with Crippen molar-refractivity contribution in [2.24, 2.45) is 5.73 Å². The number of pyridine rings is 1. The van der Waals surface area contributed by atoms with Crippen molar-refractivity contribution in [2.45, 2.75) is 13.0 Å². The van der Waals surface area contributed by atoms with Crippen molar-refractivity contribution in [3.8, 4) is 11.5 Å². The van der Waals surface area contributed by atoms with Gasteiger partial charge in [0.1, 0.15) is 11.5 Å². The second-order valence-electron chi connectivity index (χ2n) is 4.82. The summed E-state index contributed by atoms with van der Waals surface area (Å²) in [5, 5.41) is 1.07. The second kappa shape index (κ2) is 5.31. The maximum atomic E-state index is 5.83. The first-order chi connectivity index (χ1) is 9.72. The summed E-state index contributed by atoms with van der Waals surface area (Å²) in [6, 6.07) is 17.8. The van der Waals surface area contributed by atoms with Crippen molar-refractivity contribution in [3.05, 3.63) is 66.4 Å². The van der Waals surface area contributed by atoms with E-state index in [-0.39, 0.29) is 6.04 Å². The lowest BCUT2D eigenvalue weighted by atomic mass is 10.1. The molecule has 3 heteroatoms. The van der Waals surface area contributed by atoms with Crippen molar-refractivity contribution >= 4 is 10.9 Å². The SMILES string of the molecule is C[C@H](N)c1ccc(Oc2cnc3ccccc3c2)cc1. The Morgan fingerprint density at radius 1 is 1.00 bits per heavy atom. The van der Waals surface area contributed by atoms with Gasteiger partial charge in [0.15, 0.2) is 0 Å². The van der Waals surface area contributed by atoms with Crippen LogP contribution in [0.15, 0.2) is 60.8 Å². The fraction of sp³-hybridized carbons (Fsp3) is 0.118. The summed E-state index contributed by atoms with van der Waals surface area (Å²) in [5.41, 5.74) is 7.88. The topological polar surface area (TPSA) is 48.1 Å². The fourth-order valence-corrected chi connectivity index (χ4v) is 2.08. The monoisotopic (exact) mass is 264 g/mol. The number of nitrogens with two attached hydrogens (primary N) is 1. The lowest BCUT2D eigenvalue weighted by molar-refractivity contribution is 0.481. The molecule has 3 aromatic rings. The number of nitrogens with zero attached hydrogens (tertiary/aromatic N) is 1. The summed E-state index contributed by atoms with van der Waals surface area (Å²) in [6.45, 7) is 1.96. The highest BCUT2D eigenvalue weighted by Gasteiger charge is 2.02. The third kappa shape index (κ3) is 2.63. The van der Waals surface area contributed by atoms with Crippen LogP contribution in [-0.4, -0.2) is 4.98 Å². The predicted octanol–water partition coefficient (Wildman–Crippen LogP) is 4.05. The lowest BCUT2D eigenvalue weighted by Gasteiger charge is -2.09. The van der Waals surface area contributed by atoms with Crippen molar-refractivity contribution in [3.63, 3.8) is 0 Å². The molecule has 0 aliphatic rings. The van der Waals surface area contributed by atoms with E-state index in [1.54, 1.807) is 6.20 Å². The number of aromatic nitrogens is 1. The Bertz CT molecular complexity index is 720. The van der Waals surface area contributed by atoms with Gasteiger partial charge in [-0.25, -0.2) is 0 Å². The lowest BCUT2D eigenvalue weighted by Crippen LogP contribution is -2.04. The maximum absolute atomic E-state index is 5.83. The van der Waals surface area contributed by atoms with Gasteiger partial charge in [-0.05, 0) is 36.8 Å². The first-order valence-corrected chi connectivity index (χ1v) is 6.60. The molecule has 1 heterocycles. The van der Waals surface area contributed by atoms with Gasteiger partial charge in [0.05, 0.1) is 11.7 Å². The molecule has 0 spiro atoms. The van der Waals surface area contributed by atoms with E-state index in [4.69, 9.17) is 10.5 Å². The molecule has 2 aromatic carbocycles. The summed E-state index contributed by atoms with van der Waals surface area (Å²) in [7, 11) is 0. The minimum atomic E-state index is 0.0337. The zero-order chi connectivity index (χ0) is 13.9. The molecule has 2 N–H and O–H groups in total. The van der Waals surface area contributed by atoms with Crippen LogP contribution in [0, 0.1) is 0 Å². The van der Waals surface area contributed by atoms with Crippen molar-refractivity contribution < 1.29 is 4.74 Å². The molecule has 0 unspecified atom stereocenters. The first-order valence-electron chi connectivity index (χ1n) is 6.60. The Morgan fingerprint density at radius 3 is 2.50 bits per heavy atom. The summed E-state index contributed by atoms with van der Waals surface area (Å²) in [6.07, 6.45) is 1.74. The smallest absolute Gasteiger partial charge is 0.146 e. The Morgan fingerprint density at radius 2 is 1.75 bits per heavy atom. The number of hydrogen-bond acceptors (Lipinski definition) is 3. The van der Waals surface area contributed by atoms with Crippen LogP contribution in [0.4, 0.5) is 0 Å². The highest BCUT2D eigenvalue weighted by molar-refractivity contribution is 5.79. The highest BCUT2D eigenvalue weighted by atomic mass is 16.5. The maximum Gasteiger partial charge on any atom is 0.146 e. The molecule has 0 saturated carbocycles. The largest absolute Gasteiger partial charge is 0.456 e. The van der Waals surface area contributed by atoms with Gasteiger partial charge in [-0.15, -0.1) is 0 Å². The van der Waals surface area contributed by atoms with E-state index in [0.29, 0.717) is 0 Å². The van der Waals surface area contributed by atoms with Gasteiger partial charge in [0.2, 0.25) is 0 Å². The minimum absolute atomic E-state index is 0.0337. The summed E-state index contributed by atoms with van der Waals surface area (Å²) < 4.78 is 5.82. The summed E-state index contributed by atoms with van der Waals surface area (Å²) >= 11 is 0. The normalized spacial score (nSPS) is 12.3. The van der Waals surface area contributed by atoms with Crippen LogP contribution in [0.5, 0.6) is 11.5 Å². The van der Waals surface area contributed by atoms with E-state index in [9.17, 15) is 0 Å². The van der Waals surface area contributed by atoms with Gasteiger partial charge < -0.3 is 10.5 Å². The molecule has 0 bridgehead atoms. The van der Waals surface area contributed by atoms with Gasteiger partial charge in [-0.3, -0.25) is 4.98 Å². The average Bonchev–Trinajstić information content (AvgIpc) is 2.48. The zero-order valence-corrected chi connectivity index (χ0v) is 11.3. The molecule has 20 heavy (non-hydrogen) atoms. The van der Waals surface area contributed by atoms with Crippen LogP contribution >= 0.6 is 0 Å². The number of hydrogen-bond donors (Lipinski definition) is 1. The van der Waals surface area contributed by atoms with E-state index in [2.05, 4.69) is 4.98 Å².